The van der Waals surface area contributed by atoms with Gasteiger partial charge >= 0.3 is 0 Å². The molecule has 0 saturated heterocycles. The first kappa shape index (κ1) is 13.7. The van der Waals surface area contributed by atoms with Crippen molar-refractivity contribution in [2.45, 2.75) is 45.7 Å². The van der Waals surface area contributed by atoms with Gasteiger partial charge in [0.05, 0.1) is 17.6 Å². The lowest BCUT2D eigenvalue weighted by Crippen LogP contribution is -2.25. The second-order valence-electron chi connectivity index (χ2n) is 4.89. The third-order valence-corrected chi connectivity index (χ3v) is 3.15. The van der Waals surface area contributed by atoms with E-state index in [4.69, 9.17) is 0 Å². The summed E-state index contributed by atoms with van der Waals surface area (Å²) < 4.78 is 0. The smallest absolute Gasteiger partial charge is 0.0969 e. The van der Waals surface area contributed by atoms with E-state index < -0.39 is 0 Å². The molecule has 0 saturated carbocycles. The standard InChI is InChI=1S/C15H22N4/c1-3-4-8-13(2)16-11-14-12-17-19(18-14)15-9-6-5-7-10-15/h5-7,9-10,12-13,16H,3-4,8,11H2,1-2H3. The van der Waals surface area contributed by atoms with Gasteiger partial charge in [0.25, 0.3) is 0 Å². The van der Waals surface area contributed by atoms with Gasteiger partial charge in [-0.15, -0.1) is 0 Å². The molecule has 102 valence electrons. The Labute approximate surface area is 114 Å². The normalized spacial score (nSPS) is 12.5. The fourth-order valence-electron chi connectivity index (χ4n) is 1.95. The molecule has 4 heteroatoms. The second kappa shape index (κ2) is 7.04. The van der Waals surface area contributed by atoms with Crippen LogP contribution < -0.4 is 5.32 Å². The van der Waals surface area contributed by atoms with E-state index in [9.17, 15) is 0 Å². The number of nitrogens with one attached hydrogen (secondary N) is 1. The Morgan fingerprint density at radius 1 is 1.26 bits per heavy atom. The molecule has 1 atom stereocenters. The first-order valence-corrected chi connectivity index (χ1v) is 6.99. The zero-order valence-corrected chi connectivity index (χ0v) is 11.7. The quantitative estimate of drug-likeness (QED) is 0.830. The van der Waals surface area contributed by atoms with Crippen LogP contribution >= 0.6 is 0 Å². The Kier molecular flexibility index (Phi) is 5.10. The second-order valence-corrected chi connectivity index (χ2v) is 4.89. The van der Waals surface area contributed by atoms with Crippen molar-refractivity contribution in [2.24, 2.45) is 0 Å². The summed E-state index contributed by atoms with van der Waals surface area (Å²) in [5.74, 6) is 0. The van der Waals surface area contributed by atoms with Crippen LogP contribution in [0.4, 0.5) is 0 Å². The van der Waals surface area contributed by atoms with Gasteiger partial charge in [-0.25, -0.2) is 0 Å². The summed E-state index contributed by atoms with van der Waals surface area (Å²) in [6.07, 6.45) is 5.55. The average molecular weight is 258 g/mol. The van der Waals surface area contributed by atoms with E-state index in [-0.39, 0.29) is 0 Å². The Balaban J connectivity index is 1.88. The largest absolute Gasteiger partial charge is 0.309 e. The highest BCUT2D eigenvalue weighted by Crippen LogP contribution is 2.05. The van der Waals surface area contributed by atoms with E-state index in [0.717, 1.165) is 17.9 Å². The molecule has 1 N–H and O–H groups in total. The molecule has 0 aliphatic heterocycles. The van der Waals surface area contributed by atoms with Crippen LogP contribution in [0.1, 0.15) is 38.8 Å². The zero-order valence-electron chi connectivity index (χ0n) is 11.7. The van der Waals surface area contributed by atoms with Crippen LogP contribution in [0.3, 0.4) is 0 Å². The third kappa shape index (κ3) is 4.17. The maximum absolute atomic E-state index is 4.48. The van der Waals surface area contributed by atoms with Crippen LogP contribution in [0.15, 0.2) is 36.5 Å². The highest BCUT2D eigenvalue weighted by Gasteiger charge is 2.05. The molecule has 0 spiro atoms. The molecule has 0 fully saturated rings. The van der Waals surface area contributed by atoms with Gasteiger partial charge in [0.1, 0.15) is 0 Å². The lowest BCUT2D eigenvalue weighted by atomic mass is 10.1. The minimum absolute atomic E-state index is 0.529. The average Bonchev–Trinajstić information content (AvgIpc) is 2.93. The van der Waals surface area contributed by atoms with Crippen molar-refractivity contribution in [3.8, 4) is 5.69 Å². The predicted molar refractivity (Wildman–Crippen MR) is 77.2 cm³/mol. The predicted octanol–water partition coefficient (Wildman–Crippen LogP) is 2.94. The number of unbranched alkanes of at least 4 members (excludes halogenated alkanes) is 1. The Bertz CT molecular complexity index is 478. The molecule has 2 rings (SSSR count). The number of hydrogen-bond acceptors (Lipinski definition) is 3. The van der Waals surface area contributed by atoms with E-state index in [1.54, 1.807) is 4.80 Å². The molecule has 0 aliphatic rings. The number of nitrogens with zero attached hydrogens (tertiary/aromatic N) is 3. The molecule has 4 nitrogen and oxygen atoms in total. The molecule has 1 aromatic carbocycles. The van der Waals surface area contributed by atoms with Gasteiger partial charge in [-0.2, -0.15) is 15.0 Å². The summed E-state index contributed by atoms with van der Waals surface area (Å²) in [6, 6.07) is 10.5. The molecular weight excluding hydrogens is 236 g/mol. The summed E-state index contributed by atoms with van der Waals surface area (Å²) in [5, 5.41) is 12.3. The van der Waals surface area contributed by atoms with Gasteiger partial charge in [0.2, 0.25) is 0 Å². The molecular formula is C15H22N4. The molecule has 1 aromatic heterocycles. The molecule has 0 bridgehead atoms. The molecule has 0 radical (unpaired) electrons. The highest BCUT2D eigenvalue weighted by atomic mass is 15.5. The summed E-state index contributed by atoms with van der Waals surface area (Å²) >= 11 is 0. The Hall–Kier alpha value is -1.68. The van der Waals surface area contributed by atoms with E-state index >= 15 is 0 Å². The molecule has 1 heterocycles. The van der Waals surface area contributed by atoms with Crippen LogP contribution in [-0.4, -0.2) is 21.0 Å². The number of aromatic nitrogens is 3. The summed E-state index contributed by atoms with van der Waals surface area (Å²) in [4.78, 5) is 1.67. The van der Waals surface area contributed by atoms with Crippen LogP contribution in [-0.2, 0) is 6.54 Å². The van der Waals surface area contributed by atoms with Crippen LogP contribution in [0.5, 0.6) is 0 Å². The Morgan fingerprint density at radius 2 is 2.05 bits per heavy atom. The molecule has 19 heavy (non-hydrogen) atoms. The lowest BCUT2D eigenvalue weighted by molar-refractivity contribution is 0.490. The number of rotatable bonds is 7. The minimum Gasteiger partial charge on any atom is -0.309 e. The van der Waals surface area contributed by atoms with E-state index in [1.165, 1.54) is 19.3 Å². The number of benzene rings is 1. The van der Waals surface area contributed by atoms with Crippen LogP contribution in [0.2, 0.25) is 0 Å². The summed E-state index contributed by atoms with van der Waals surface area (Å²) in [7, 11) is 0. The van der Waals surface area contributed by atoms with E-state index in [1.807, 2.05) is 36.5 Å². The lowest BCUT2D eigenvalue weighted by Gasteiger charge is -2.11. The first-order chi connectivity index (χ1) is 9.29. The van der Waals surface area contributed by atoms with Crippen LogP contribution in [0, 0.1) is 0 Å². The van der Waals surface area contributed by atoms with Crippen LogP contribution in [0.25, 0.3) is 5.69 Å². The van der Waals surface area contributed by atoms with Gasteiger partial charge in [-0.1, -0.05) is 38.0 Å². The van der Waals surface area contributed by atoms with Crippen molar-refractivity contribution in [3.05, 3.63) is 42.2 Å². The van der Waals surface area contributed by atoms with Gasteiger partial charge < -0.3 is 5.32 Å². The zero-order chi connectivity index (χ0) is 13.5. The van der Waals surface area contributed by atoms with Gasteiger partial charge in [-0.3, -0.25) is 0 Å². The fourth-order valence-corrected chi connectivity index (χ4v) is 1.95. The first-order valence-electron chi connectivity index (χ1n) is 6.99. The van der Waals surface area contributed by atoms with Gasteiger partial charge in [-0.05, 0) is 25.5 Å². The SMILES string of the molecule is CCCCC(C)NCc1cnn(-c2ccccc2)n1. The molecule has 0 amide bonds. The van der Waals surface area contributed by atoms with Gasteiger partial charge in [0, 0.05) is 12.6 Å². The van der Waals surface area contributed by atoms with Crippen molar-refractivity contribution < 1.29 is 0 Å². The van der Waals surface area contributed by atoms with E-state index in [2.05, 4.69) is 29.4 Å². The maximum atomic E-state index is 4.48. The summed E-state index contributed by atoms with van der Waals surface area (Å²) in [5.41, 5.74) is 1.97. The monoisotopic (exact) mass is 258 g/mol. The topological polar surface area (TPSA) is 42.7 Å². The Morgan fingerprint density at radius 3 is 2.79 bits per heavy atom. The number of hydrogen-bond donors (Lipinski definition) is 1. The van der Waals surface area contributed by atoms with Gasteiger partial charge in [0.15, 0.2) is 0 Å². The third-order valence-electron chi connectivity index (χ3n) is 3.15. The van der Waals surface area contributed by atoms with Crippen molar-refractivity contribution in [3.63, 3.8) is 0 Å². The van der Waals surface area contributed by atoms with Crippen molar-refractivity contribution in [2.75, 3.05) is 0 Å². The van der Waals surface area contributed by atoms with Crippen molar-refractivity contribution >= 4 is 0 Å². The van der Waals surface area contributed by atoms with Crippen molar-refractivity contribution in [1.29, 1.82) is 0 Å². The minimum atomic E-state index is 0.529. The number of para-hydroxylation sites is 1. The molecule has 1 unspecified atom stereocenters. The van der Waals surface area contributed by atoms with E-state index in [0.29, 0.717) is 6.04 Å². The van der Waals surface area contributed by atoms with Crippen molar-refractivity contribution in [1.82, 2.24) is 20.3 Å². The molecule has 2 aromatic rings. The summed E-state index contributed by atoms with van der Waals surface area (Å²) in [6.45, 7) is 5.22. The highest BCUT2D eigenvalue weighted by molar-refractivity contribution is 5.28. The fraction of sp³-hybridized carbons (Fsp3) is 0.467. The maximum Gasteiger partial charge on any atom is 0.0969 e. The molecule has 0 aliphatic carbocycles.